The summed E-state index contributed by atoms with van der Waals surface area (Å²) in [7, 11) is 1.42. The van der Waals surface area contributed by atoms with Gasteiger partial charge in [-0.15, -0.1) is 0 Å². The fraction of sp³-hybridized carbons (Fsp3) is 0.500. The Morgan fingerprint density at radius 1 is 1.25 bits per heavy atom. The summed E-state index contributed by atoms with van der Waals surface area (Å²) < 4.78 is 38.6. The van der Waals surface area contributed by atoms with Crippen LogP contribution >= 0.6 is 11.6 Å². The molecule has 1 aromatic carbocycles. The van der Waals surface area contributed by atoms with E-state index in [0.717, 1.165) is 25.0 Å². The number of rotatable bonds is 8. The van der Waals surface area contributed by atoms with Gasteiger partial charge in [0.15, 0.2) is 0 Å². The molecular formula is C18H21ClF3N3O3. The standard InChI is InChI=1S/C18H21ClF3N3O3/c1-25(16(27)3-2-8-23-17(28)11-4-5-11)10-15(26)24-12-6-7-14(19)13(9-12)18(20,21)22/h6-7,9,11H,2-5,8,10H2,1H3,(H,23,28)(H,24,26). The number of benzene rings is 1. The molecule has 6 nitrogen and oxygen atoms in total. The number of halogens is 4. The van der Waals surface area contributed by atoms with Crippen molar-refractivity contribution in [3.05, 3.63) is 28.8 Å². The zero-order valence-corrected chi connectivity index (χ0v) is 16.0. The lowest BCUT2D eigenvalue weighted by molar-refractivity contribution is -0.137. The van der Waals surface area contributed by atoms with Crippen molar-refractivity contribution in [3.8, 4) is 0 Å². The monoisotopic (exact) mass is 419 g/mol. The predicted molar refractivity (Wildman–Crippen MR) is 97.7 cm³/mol. The zero-order valence-electron chi connectivity index (χ0n) is 15.2. The Bertz CT molecular complexity index is 751. The molecule has 3 amide bonds. The van der Waals surface area contributed by atoms with Gasteiger partial charge in [0.1, 0.15) is 0 Å². The van der Waals surface area contributed by atoms with Crippen molar-refractivity contribution in [2.24, 2.45) is 5.92 Å². The Hall–Kier alpha value is -2.29. The predicted octanol–water partition coefficient (Wildman–Crippen LogP) is 3.06. The van der Waals surface area contributed by atoms with E-state index in [4.69, 9.17) is 11.6 Å². The van der Waals surface area contributed by atoms with Gasteiger partial charge in [-0.25, -0.2) is 0 Å². The van der Waals surface area contributed by atoms with Crippen LogP contribution in [-0.2, 0) is 20.6 Å². The van der Waals surface area contributed by atoms with Crippen LogP contribution < -0.4 is 10.6 Å². The first kappa shape index (κ1) is 22.0. The smallest absolute Gasteiger partial charge is 0.356 e. The van der Waals surface area contributed by atoms with E-state index in [2.05, 4.69) is 10.6 Å². The van der Waals surface area contributed by atoms with Crippen LogP contribution in [0.4, 0.5) is 18.9 Å². The highest BCUT2D eigenvalue weighted by Gasteiger charge is 2.33. The van der Waals surface area contributed by atoms with Gasteiger partial charge < -0.3 is 15.5 Å². The molecule has 0 heterocycles. The van der Waals surface area contributed by atoms with Gasteiger partial charge in [-0.3, -0.25) is 14.4 Å². The quantitative estimate of drug-likeness (QED) is 0.636. The number of nitrogens with zero attached hydrogens (tertiary/aromatic N) is 1. The zero-order chi connectivity index (χ0) is 20.9. The summed E-state index contributed by atoms with van der Waals surface area (Å²) in [6.07, 6.45) is -2.25. The van der Waals surface area contributed by atoms with Gasteiger partial charge >= 0.3 is 6.18 Å². The van der Waals surface area contributed by atoms with Crippen molar-refractivity contribution >= 4 is 35.0 Å². The molecular weight excluding hydrogens is 399 g/mol. The molecule has 0 radical (unpaired) electrons. The largest absolute Gasteiger partial charge is 0.417 e. The number of hydrogen-bond acceptors (Lipinski definition) is 3. The second-order valence-corrected chi connectivity index (χ2v) is 7.07. The summed E-state index contributed by atoms with van der Waals surface area (Å²) in [5.41, 5.74) is -1.12. The van der Waals surface area contributed by atoms with Crippen LogP contribution in [0, 0.1) is 5.92 Å². The Morgan fingerprint density at radius 2 is 1.93 bits per heavy atom. The molecule has 1 fully saturated rings. The average Bonchev–Trinajstić information content (AvgIpc) is 3.44. The minimum Gasteiger partial charge on any atom is -0.356 e. The van der Waals surface area contributed by atoms with E-state index in [1.165, 1.54) is 18.0 Å². The first-order valence-electron chi connectivity index (χ1n) is 8.76. The Labute approximate surface area is 165 Å². The van der Waals surface area contributed by atoms with Crippen molar-refractivity contribution in [2.45, 2.75) is 31.9 Å². The first-order valence-corrected chi connectivity index (χ1v) is 9.14. The van der Waals surface area contributed by atoms with Gasteiger partial charge in [0.2, 0.25) is 17.7 Å². The maximum absolute atomic E-state index is 12.9. The SMILES string of the molecule is CN(CC(=O)Nc1ccc(Cl)c(C(F)(F)F)c1)C(=O)CCCNC(=O)C1CC1. The van der Waals surface area contributed by atoms with Crippen LogP contribution in [0.1, 0.15) is 31.2 Å². The van der Waals surface area contributed by atoms with Crippen LogP contribution in [0.15, 0.2) is 18.2 Å². The highest BCUT2D eigenvalue weighted by atomic mass is 35.5. The summed E-state index contributed by atoms with van der Waals surface area (Å²) in [6.45, 7) is 0.0728. The van der Waals surface area contributed by atoms with Gasteiger partial charge in [0.25, 0.3) is 0 Å². The Kier molecular flexibility index (Phi) is 7.29. The lowest BCUT2D eigenvalue weighted by Crippen LogP contribution is -2.35. The van der Waals surface area contributed by atoms with Crippen molar-refractivity contribution < 1.29 is 27.6 Å². The van der Waals surface area contributed by atoms with Crippen LogP contribution in [-0.4, -0.2) is 42.8 Å². The molecule has 0 atom stereocenters. The van der Waals surface area contributed by atoms with Gasteiger partial charge in [0, 0.05) is 31.6 Å². The molecule has 0 aliphatic heterocycles. The van der Waals surface area contributed by atoms with Crippen molar-refractivity contribution in [2.75, 3.05) is 25.5 Å². The molecule has 1 aliphatic rings. The summed E-state index contributed by atoms with van der Waals surface area (Å²) in [5, 5.41) is 4.60. The molecule has 1 aromatic rings. The number of amides is 3. The van der Waals surface area contributed by atoms with E-state index < -0.39 is 22.7 Å². The van der Waals surface area contributed by atoms with Crippen molar-refractivity contribution in [1.82, 2.24) is 10.2 Å². The highest BCUT2D eigenvalue weighted by Crippen LogP contribution is 2.36. The number of anilines is 1. The molecule has 2 N–H and O–H groups in total. The average molecular weight is 420 g/mol. The maximum Gasteiger partial charge on any atom is 0.417 e. The topological polar surface area (TPSA) is 78.5 Å². The fourth-order valence-electron chi connectivity index (χ4n) is 2.46. The molecule has 0 unspecified atom stereocenters. The van der Waals surface area contributed by atoms with Gasteiger partial charge in [0.05, 0.1) is 17.1 Å². The van der Waals surface area contributed by atoms with Gasteiger partial charge in [-0.05, 0) is 37.5 Å². The minimum atomic E-state index is -4.64. The molecule has 1 saturated carbocycles. The van der Waals surface area contributed by atoms with Crippen LogP contribution in [0.5, 0.6) is 0 Å². The maximum atomic E-state index is 12.9. The van der Waals surface area contributed by atoms with Crippen LogP contribution in [0.3, 0.4) is 0 Å². The van der Waals surface area contributed by atoms with E-state index in [1.807, 2.05) is 0 Å². The number of hydrogen-bond donors (Lipinski definition) is 2. The summed E-state index contributed by atoms with van der Waals surface area (Å²) in [4.78, 5) is 36.7. The summed E-state index contributed by atoms with van der Waals surface area (Å²) in [5.74, 6) is -0.828. The number of carbonyl (C=O) groups is 3. The molecule has 0 spiro atoms. The minimum absolute atomic E-state index is 0.00127. The number of carbonyl (C=O) groups excluding carboxylic acids is 3. The van der Waals surface area contributed by atoms with E-state index in [0.29, 0.717) is 13.0 Å². The third-order valence-electron chi connectivity index (χ3n) is 4.18. The first-order chi connectivity index (χ1) is 13.1. The van der Waals surface area contributed by atoms with E-state index in [1.54, 1.807) is 0 Å². The van der Waals surface area contributed by atoms with Gasteiger partial charge in [-0.2, -0.15) is 13.2 Å². The lowest BCUT2D eigenvalue weighted by Gasteiger charge is -2.17. The molecule has 1 aliphatic carbocycles. The molecule has 0 aromatic heterocycles. The lowest BCUT2D eigenvalue weighted by atomic mass is 10.2. The van der Waals surface area contributed by atoms with Crippen LogP contribution in [0.2, 0.25) is 5.02 Å². The number of nitrogens with one attached hydrogen (secondary N) is 2. The van der Waals surface area contributed by atoms with E-state index in [-0.39, 0.29) is 36.4 Å². The van der Waals surface area contributed by atoms with Crippen molar-refractivity contribution in [3.63, 3.8) is 0 Å². The van der Waals surface area contributed by atoms with Crippen LogP contribution in [0.25, 0.3) is 0 Å². The normalized spacial score (nSPS) is 13.8. The highest BCUT2D eigenvalue weighted by molar-refractivity contribution is 6.31. The second-order valence-electron chi connectivity index (χ2n) is 6.66. The fourth-order valence-corrected chi connectivity index (χ4v) is 2.68. The third-order valence-corrected chi connectivity index (χ3v) is 4.51. The van der Waals surface area contributed by atoms with E-state index >= 15 is 0 Å². The molecule has 0 saturated heterocycles. The Morgan fingerprint density at radius 3 is 2.54 bits per heavy atom. The van der Waals surface area contributed by atoms with E-state index in [9.17, 15) is 27.6 Å². The third kappa shape index (κ3) is 6.70. The Balaban J connectivity index is 1.76. The molecule has 0 bridgehead atoms. The second kappa shape index (κ2) is 9.27. The summed E-state index contributed by atoms with van der Waals surface area (Å²) in [6, 6.07) is 3.04. The number of likely N-dealkylation sites (N-methyl/N-ethyl adjacent to an activating group) is 1. The molecule has 28 heavy (non-hydrogen) atoms. The summed E-state index contributed by atoms with van der Waals surface area (Å²) >= 11 is 5.53. The van der Waals surface area contributed by atoms with Crippen molar-refractivity contribution in [1.29, 1.82) is 0 Å². The molecule has 10 heteroatoms. The number of alkyl halides is 3. The van der Waals surface area contributed by atoms with Gasteiger partial charge in [-0.1, -0.05) is 11.6 Å². The molecule has 2 rings (SSSR count). The molecule has 154 valence electrons.